The zero-order chi connectivity index (χ0) is 25.2. The lowest BCUT2D eigenvalue weighted by molar-refractivity contribution is 0.0787. The largest absolute Gasteiger partial charge is 0.497 e. The number of nitrogens with zero attached hydrogens (tertiary/aromatic N) is 3. The zero-order valence-corrected chi connectivity index (χ0v) is 20.3. The first kappa shape index (κ1) is 24.4. The summed E-state index contributed by atoms with van der Waals surface area (Å²) in [5.41, 5.74) is 14.0. The number of piperidine rings is 1. The first-order valence-corrected chi connectivity index (χ1v) is 11.6. The molecule has 9 nitrogen and oxygen atoms in total. The second-order valence-corrected chi connectivity index (χ2v) is 9.36. The van der Waals surface area contributed by atoms with E-state index < -0.39 is 11.5 Å². The topological polar surface area (TPSA) is 140 Å². The molecular weight excluding hydrogens is 444 g/mol. The van der Waals surface area contributed by atoms with Crippen molar-refractivity contribution in [3.63, 3.8) is 0 Å². The van der Waals surface area contributed by atoms with Gasteiger partial charge in [-0.2, -0.15) is 4.98 Å². The van der Waals surface area contributed by atoms with Gasteiger partial charge in [-0.25, -0.2) is 4.98 Å². The van der Waals surface area contributed by atoms with Crippen LogP contribution in [0.3, 0.4) is 0 Å². The first-order valence-electron chi connectivity index (χ1n) is 11.6. The van der Waals surface area contributed by atoms with Crippen molar-refractivity contribution in [2.45, 2.75) is 38.3 Å². The third-order valence-corrected chi connectivity index (χ3v) is 6.11. The van der Waals surface area contributed by atoms with Crippen molar-refractivity contribution in [1.82, 2.24) is 9.97 Å². The van der Waals surface area contributed by atoms with Crippen LogP contribution in [0.5, 0.6) is 5.75 Å². The van der Waals surface area contributed by atoms with Crippen LogP contribution in [0, 0.1) is 0 Å². The molecule has 0 spiro atoms. The molecule has 4 rings (SSSR count). The quantitative estimate of drug-likeness (QED) is 0.408. The van der Waals surface area contributed by atoms with Crippen LogP contribution in [0.2, 0.25) is 0 Å². The number of hydrogen-bond donors (Lipinski definition) is 4. The highest BCUT2D eigenvalue weighted by atomic mass is 16.5. The summed E-state index contributed by atoms with van der Waals surface area (Å²) in [6.07, 6.45) is 3.35. The lowest BCUT2D eigenvalue weighted by Gasteiger charge is -2.31. The highest BCUT2D eigenvalue weighted by molar-refractivity contribution is 5.98. The molecule has 35 heavy (non-hydrogen) atoms. The van der Waals surface area contributed by atoms with Gasteiger partial charge in [0.2, 0.25) is 5.95 Å². The van der Waals surface area contributed by atoms with Crippen LogP contribution in [0.4, 0.5) is 17.5 Å². The van der Waals surface area contributed by atoms with Crippen molar-refractivity contribution in [3.05, 3.63) is 59.8 Å². The molecule has 1 amide bonds. The fraction of sp³-hybridized carbons (Fsp3) is 0.346. The molecule has 1 saturated heterocycles. The number of nitrogens with two attached hydrogens (primary N) is 2. The standard InChI is InChI=1S/C26H32N6O3/c1-26(2,34)18-11-17(16-6-8-21(35-3)9-7-16)12-20(13-18)30-24-22(23(28)33)14-29-25(31-24)32-10-4-5-19(27)15-32/h6-9,11-14,19,34H,4-5,10,15,27H2,1-3H3,(H2,28,33)(H,29,30,31)/t19-/m0/s1. The third kappa shape index (κ3) is 5.70. The molecule has 9 heteroatoms. The molecule has 6 N–H and O–H groups in total. The van der Waals surface area contributed by atoms with E-state index in [1.54, 1.807) is 21.0 Å². The Bertz CT molecular complexity index is 1210. The van der Waals surface area contributed by atoms with Crippen molar-refractivity contribution in [2.24, 2.45) is 11.5 Å². The number of anilines is 3. The third-order valence-electron chi connectivity index (χ3n) is 6.11. The van der Waals surface area contributed by atoms with Crippen LogP contribution < -0.4 is 26.4 Å². The number of carbonyl (C=O) groups excluding carboxylic acids is 1. The summed E-state index contributed by atoms with van der Waals surface area (Å²) in [6, 6.07) is 13.4. The molecule has 0 aliphatic carbocycles. The molecule has 0 bridgehead atoms. The molecule has 0 unspecified atom stereocenters. The van der Waals surface area contributed by atoms with Gasteiger partial charge < -0.3 is 31.5 Å². The Morgan fingerprint density at radius 3 is 2.57 bits per heavy atom. The molecule has 2 heterocycles. The molecule has 1 aromatic heterocycles. The van der Waals surface area contributed by atoms with E-state index in [0.29, 0.717) is 29.6 Å². The van der Waals surface area contributed by atoms with Crippen molar-refractivity contribution >= 4 is 23.4 Å². The Morgan fingerprint density at radius 2 is 1.94 bits per heavy atom. The monoisotopic (exact) mass is 476 g/mol. The summed E-state index contributed by atoms with van der Waals surface area (Å²) >= 11 is 0. The number of carbonyl (C=O) groups is 1. The Morgan fingerprint density at radius 1 is 1.20 bits per heavy atom. The SMILES string of the molecule is COc1ccc(-c2cc(Nc3nc(N4CCC[C@H](N)C4)ncc3C(N)=O)cc(C(C)(C)O)c2)cc1. The highest BCUT2D eigenvalue weighted by Gasteiger charge is 2.22. The summed E-state index contributed by atoms with van der Waals surface area (Å²) in [5.74, 6) is 0.906. The van der Waals surface area contributed by atoms with Crippen LogP contribution in [0.15, 0.2) is 48.7 Å². The van der Waals surface area contributed by atoms with Gasteiger partial charge in [0.1, 0.15) is 17.1 Å². The lowest BCUT2D eigenvalue weighted by Crippen LogP contribution is -2.43. The predicted octanol–water partition coefficient (Wildman–Crippen LogP) is 3.15. The molecule has 1 fully saturated rings. The number of aromatic nitrogens is 2. The Hall–Kier alpha value is -3.69. The molecule has 2 aromatic carbocycles. The van der Waals surface area contributed by atoms with Gasteiger partial charge in [0.15, 0.2) is 0 Å². The highest BCUT2D eigenvalue weighted by Crippen LogP contribution is 2.33. The van der Waals surface area contributed by atoms with Crippen LogP contribution in [0.25, 0.3) is 11.1 Å². The van der Waals surface area contributed by atoms with Gasteiger partial charge >= 0.3 is 0 Å². The van der Waals surface area contributed by atoms with E-state index in [0.717, 1.165) is 36.3 Å². The molecule has 1 atom stereocenters. The fourth-order valence-corrected chi connectivity index (χ4v) is 4.13. The minimum absolute atomic E-state index is 0.0510. The number of rotatable bonds is 7. The van der Waals surface area contributed by atoms with E-state index in [1.165, 1.54) is 6.20 Å². The van der Waals surface area contributed by atoms with Crippen molar-refractivity contribution < 1.29 is 14.6 Å². The molecule has 3 aromatic rings. The van der Waals surface area contributed by atoms with Gasteiger partial charge in [-0.1, -0.05) is 12.1 Å². The number of benzene rings is 2. The van der Waals surface area contributed by atoms with E-state index in [2.05, 4.69) is 15.3 Å². The molecule has 1 aliphatic heterocycles. The number of aliphatic hydroxyl groups is 1. The van der Waals surface area contributed by atoms with E-state index in [4.69, 9.17) is 16.2 Å². The molecule has 0 radical (unpaired) electrons. The van der Waals surface area contributed by atoms with E-state index in [1.807, 2.05) is 47.4 Å². The fourth-order valence-electron chi connectivity index (χ4n) is 4.13. The Kier molecular flexibility index (Phi) is 6.90. The van der Waals surface area contributed by atoms with E-state index >= 15 is 0 Å². The van der Waals surface area contributed by atoms with Crippen molar-refractivity contribution in [3.8, 4) is 16.9 Å². The molecule has 0 saturated carbocycles. The van der Waals surface area contributed by atoms with Crippen molar-refractivity contribution in [1.29, 1.82) is 0 Å². The second-order valence-electron chi connectivity index (χ2n) is 9.36. The predicted molar refractivity (Wildman–Crippen MR) is 137 cm³/mol. The van der Waals surface area contributed by atoms with Crippen LogP contribution >= 0.6 is 0 Å². The summed E-state index contributed by atoms with van der Waals surface area (Å²) < 4.78 is 5.27. The lowest BCUT2D eigenvalue weighted by atomic mass is 9.93. The normalized spacial score (nSPS) is 16.1. The van der Waals surface area contributed by atoms with Crippen molar-refractivity contribution in [2.75, 3.05) is 30.4 Å². The van der Waals surface area contributed by atoms with Gasteiger partial charge in [0, 0.05) is 31.0 Å². The van der Waals surface area contributed by atoms with Crippen LogP contribution in [-0.4, -0.2) is 47.2 Å². The van der Waals surface area contributed by atoms with E-state index in [-0.39, 0.29) is 11.6 Å². The Labute approximate surface area is 205 Å². The van der Waals surface area contributed by atoms with Gasteiger partial charge in [0.25, 0.3) is 5.91 Å². The minimum atomic E-state index is -1.09. The van der Waals surface area contributed by atoms with Crippen LogP contribution in [0.1, 0.15) is 42.6 Å². The van der Waals surface area contributed by atoms with Crippen LogP contribution in [-0.2, 0) is 5.60 Å². The average molecular weight is 477 g/mol. The summed E-state index contributed by atoms with van der Waals surface area (Å²) in [7, 11) is 1.62. The maximum atomic E-state index is 12.1. The minimum Gasteiger partial charge on any atom is -0.497 e. The number of amides is 1. The van der Waals surface area contributed by atoms with Gasteiger partial charge in [-0.15, -0.1) is 0 Å². The maximum absolute atomic E-state index is 12.1. The smallest absolute Gasteiger partial charge is 0.254 e. The number of nitrogens with one attached hydrogen (secondary N) is 1. The van der Waals surface area contributed by atoms with Gasteiger partial charge in [-0.05, 0) is 73.7 Å². The first-order chi connectivity index (χ1) is 16.6. The molecular formula is C26H32N6O3. The summed E-state index contributed by atoms with van der Waals surface area (Å²) in [5, 5.41) is 14.0. The number of methoxy groups -OCH3 is 1. The number of ether oxygens (including phenoxy) is 1. The van der Waals surface area contributed by atoms with Gasteiger partial charge in [-0.3, -0.25) is 4.79 Å². The second kappa shape index (κ2) is 9.89. The maximum Gasteiger partial charge on any atom is 0.254 e. The number of primary amides is 1. The number of hydrogen-bond acceptors (Lipinski definition) is 8. The molecule has 184 valence electrons. The zero-order valence-electron chi connectivity index (χ0n) is 20.3. The Balaban J connectivity index is 1.75. The summed E-state index contributed by atoms with van der Waals surface area (Å²) in [4.78, 5) is 23.2. The molecule has 1 aliphatic rings. The van der Waals surface area contributed by atoms with E-state index in [9.17, 15) is 9.90 Å². The summed E-state index contributed by atoms with van der Waals surface area (Å²) in [6.45, 7) is 4.88. The average Bonchev–Trinajstić information content (AvgIpc) is 2.83. The van der Waals surface area contributed by atoms with Gasteiger partial charge in [0.05, 0.1) is 12.7 Å².